The lowest BCUT2D eigenvalue weighted by Crippen LogP contribution is -2.40. The van der Waals surface area contributed by atoms with Crippen LogP contribution >= 0.6 is 0 Å². The zero-order valence-corrected chi connectivity index (χ0v) is 13.4. The van der Waals surface area contributed by atoms with Crippen molar-refractivity contribution in [3.8, 4) is 5.75 Å². The summed E-state index contributed by atoms with van der Waals surface area (Å²) in [6, 6.07) is 6.79. The van der Waals surface area contributed by atoms with Crippen LogP contribution in [0, 0.1) is 0 Å². The normalized spacial score (nSPS) is 13.0. The molecule has 1 atom stereocenters. The van der Waals surface area contributed by atoms with Crippen LogP contribution < -0.4 is 15.2 Å². The van der Waals surface area contributed by atoms with E-state index < -0.39 is 10.0 Å². The third-order valence-electron chi connectivity index (χ3n) is 2.88. The second-order valence-electron chi connectivity index (χ2n) is 4.76. The van der Waals surface area contributed by atoms with E-state index in [9.17, 15) is 8.42 Å². The van der Waals surface area contributed by atoms with Crippen molar-refractivity contribution in [2.24, 2.45) is 0 Å². The summed E-state index contributed by atoms with van der Waals surface area (Å²) < 4.78 is 37.0. The van der Waals surface area contributed by atoms with Crippen LogP contribution in [0.4, 0.5) is 5.69 Å². The summed E-state index contributed by atoms with van der Waals surface area (Å²) >= 11 is 0. The fourth-order valence-corrected chi connectivity index (χ4v) is 3.03. The van der Waals surface area contributed by atoms with Gasteiger partial charge in [0.25, 0.3) is 0 Å². The lowest BCUT2D eigenvalue weighted by Gasteiger charge is -2.17. The Morgan fingerprint density at radius 2 is 2.05 bits per heavy atom. The first-order chi connectivity index (χ1) is 9.98. The Labute approximate surface area is 126 Å². The molecule has 0 aromatic heterocycles. The third kappa shape index (κ3) is 6.79. The molecular formula is C14H24N2O4S. The molecule has 0 saturated carbocycles. The van der Waals surface area contributed by atoms with E-state index in [1.807, 2.05) is 6.92 Å². The van der Waals surface area contributed by atoms with Crippen molar-refractivity contribution in [2.75, 3.05) is 31.8 Å². The van der Waals surface area contributed by atoms with Gasteiger partial charge in [0.05, 0.1) is 18.0 Å². The maximum absolute atomic E-state index is 12.0. The quantitative estimate of drug-likeness (QED) is 0.636. The maximum atomic E-state index is 12.0. The van der Waals surface area contributed by atoms with Crippen LogP contribution in [-0.2, 0) is 14.8 Å². The Kier molecular flexibility index (Phi) is 7.49. The fraction of sp³-hybridized carbons (Fsp3) is 0.571. The van der Waals surface area contributed by atoms with E-state index in [1.54, 1.807) is 31.4 Å². The molecule has 0 fully saturated rings. The number of nitrogens with one attached hydrogen (secondary N) is 1. The van der Waals surface area contributed by atoms with E-state index in [1.165, 1.54) is 0 Å². The van der Waals surface area contributed by atoms with Gasteiger partial charge in [-0.05, 0) is 18.6 Å². The average molecular weight is 316 g/mol. The number of benzene rings is 1. The highest BCUT2D eigenvalue weighted by Crippen LogP contribution is 2.19. The van der Waals surface area contributed by atoms with Crippen LogP contribution in [0.3, 0.4) is 0 Å². The number of hydrogen-bond donors (Lipinski definition) is 2. The van der Waals surface area contributed by atoms with E-state index in [0.717, 1.165) is 12.8 Å². The van der Waals surface area contributed by atoms with Crippen LogP contribution in [0.5, 0.6) is 5.75 Å². The van der Waals surface area contributed by atoms with Gasteiger partial charge in [-0.2, -0.15) is 0 Å². The van der Waals surface area contributed by atoms with Gasteiger partial charge in [-0.3, -0.25) is 0 Å². The molecular weight excluding hydrogens is 292 g/mol. The molecule has 0 aliphatic heterocycles. The number of rotatable bonds is 10. The molecule has 0 saturated heterocycles. The Bertz CT molecular complexity index is 513. The minimum absolute atomic E-state index is 0.0510. The van der Waals surface area contributed by atoms with E-state index in [-0.39, 0.29) is 18.4 Å². The Balaban J connectivity index is 2.47. The van der Waals surface area contributed by atoms with E-state index in [4.69, 9.17) is 15.2 Å². The summed E-state index contributed by atoms with van der Waals surface area (Å²) in [5, 5.41) is 0. The number of nitrogen functional groups attached to an aromatic ring is 1. The van der Waals surface area contributed by atoms with Crippen molar-refractivity contribution in [3.05, 3.63) is 24.3 Å². The molecule has 0 bridgehead atoms. The van der Waals surface area contributed by atoms with E-state index >= 15 is 0 Å². The van der Waals surface area contributed by atoms with Gasteiger partial charge in [-0.1, -0.05) is 25.5 Å². The number of hydrogen-bond acceptors (Lipinski definition) is 5. The first-order valence-corrected chi connectivity index (χ1v) is 8.60. The number of anilines is 1. The zero-order chi connectivity index (χ0) is 15.7. The predicted molar refractivity (Wildman–Crippen MR) is 83.8 cm³/mol. The highest BCUT2D eigenvalue weighted by molar-refractivity contribution is 7.89. The first kappa shape index (κ1) is 17.7. The van der Waals surface area contributed by atoms with E-state index in [0.29, 0.717) is 18.0 Å². The van der Waals surface area contributed by atoms with Crippen LogP contribution in [0.15, 0.2) is 24.3 Å². The summed E-state index contributed by atoms with van der Waals surface area (Å²) in [5.41, 5.74) is 6.22. The number of methoxy groups -OCH3 is 1. The summed E-state index contributed by atoms with van der Waals surface area (Å²) in [6.07, 6.45) is 1.62. The van der Waals surface area contributed by atoms with Crippen molar-refractivity contribution in [3.63, 3.8) is 0 Å². The first-order valence-electron chi connectivity index (χ1n) is 6.94. The van der Waals surface area contributed by atoms with Crippen LogP contribution in [0.25, 0.3) is 0 Å². The average Bonchev–Trinajstić information content (AvgIpc) is 2.41. The zero-order valence-electron chi connectivity index (χ0n) is 12.5. The van der Waals surface area contributed by atoms with Crippen molar-refractivity contribution >= 4 is 15.7 Å². The highest BCUT2D eigenvalue weighted by atomic mass is 32.2. The molecule has 3 N–H and O–H groups in total. The molecule has 0 aliphatic carbocycles. The summed E-state index contributed by atoms with van der Waals surface area (Å²) in [6.45, 7) is 2.41. The molecule has 0 spiro atoms. The third-order valence-corrected chi connectivity index (χ3v) is 4.28. The van der Waals surface area contributed by atoms with Gasteiger partial charge >= 0.3 is 0 Å². The predicted octanol–water partition coefficient (Wildman–Crippen LogP) is 1.38. The van der Waals surface area contributed by atoms with Gasteiger partial charge in [-0.15, -0.1) is 0 Å². The van der Waals surface area contributed by atoms with E-state index in [2.05, 4.69) is 4.72 Å². The molecule has 0 radical (unpaired) electrons. The molecule has 1 unspecified atom stereocenters. The summed E-state index contributed by atoms with van der Waals surface area (Å²) in [7, 11) is -1.85. The number of sulfonamides is 1. The lowest BCUT2D eigenvalue weighted by atomic mass is 10.2. The SMILES string of the molecule is CCCC(COC)NS(=O)(=O)CCOc1ccccc1N. The summed E-state index contributed by atoms with van der Waals surface area (Å²) in [4.78, 5) is 0. The van der Waals surface area contributed by atoms with Crippen molar-refractivity contribution in [2.45, 2.75) is 25.8 Å². The van der Waals surface area contributed by atoms with Gasteiger partial charge in [-0.25, -0.2) is 13.1 Å². The van der Waals surface area contributed by atoms with Gasteiger partial charge in [0.1, 0.15) is 12.4 Å². The number of nitrogens with two attached hydrogens (primary N) is 1. The molecule has 6 nitrogen and oxygen atoms in total. The Hall–Kier alpha value is -1.31. The van der Waals surface area contributed by atoms with Gasteiger partial charge < -0.3 is 15.2 Å². The second-order valence-corrected chi connectivity index (χ2v) is 6.64. The fourth-order valence-electron chi connectivity index (χ4n) is 1.91. The van der Waals surface area contributed by atoms with Crippen molar-refractivity contribution in [1.29, 1.82) is 0 Å². The molecule has 7 heteroatoms. The molecule has 0 aliphatic rings. The lowest BCUT2D eigenvalue weighted by molar-refractivity contribution is 0.171. The minimum atomic E-state index is -3.40. The molecule has 0 amide bonds. The number of para-hydroxylation sites is 2. The molecule has 1 aromatic carbocycles. The Morgan fingerprint density at radius 1 is 1.33 bits per heavy atom. The minimum Gasteiger partial charge on any atom is -0.490 e. The molecule has 21 heavy (non-hydrogen) atoms. The van der Waals surface area contributed by atoms with Gasteiger partial charge in [0.15, 0.2) is 0 Å². The van der Waals surface area contributed by atoms with Gasteiger partial charge in [0.2, 0.25) is 10.0 Å². The monoisotopic (exact) mass is 316 g/mol. The standard InChI is InChI=1S/C14H24N2O4S/c1-3-6-12(11-19-2)16-21(17,18)10-9-20-14-8-5-4-7-13(14)15/h4-5,7-8,12,16H,3,6,9-11,15H2,1-2H3. The van der Waals surface area contributed by atoms with Crippen LogP contribution in [-0.4, -0.2) is 40.5 Å². The second kappa shape index (κ2) is 8.86. The van der Waals surface area contributed by atoms with Crippen molar-refractivity contribution in [1.82, 2.24) is 4.72 Å². The highest BCUT2D eigenvalue weighted by Gasteiger charge is 2.17. The van der Waals surface area contributed by atoms with Crippen molar-refractivity contribution < 1.29 is 17.9 Å². The summed E-state index contributed by atoms with van der Waals surface area (Å²) in [5.74, 6) is 0.375. The smallest absolute Gasteiger partial charge is 0.215 e. The molecule has 0 heterocycles. The maximum Gasteiger partial charge on any atom is 0.215 e. The molecule has 120 valence electrons. The molecule has 1 rings (SSSR count). The van der Waals surface area contributed by atoms with Crippen LogP contribution in [0.2, 0.25) is 0 Å². The Morgan fingerprint density at radius 3 is 2.67 bits per heavy atom. The topological polar surface area (TPSA) is 90.6 Å². The largest absolute Gasteiger partial charge is 0.490 e. The van der Waals surface area contributed by atoms with Crippen LogP contribution in [0.1, 0.15) is 19.8 Å². The van der Waals surface area contributed by atoms with Gasteiger partial charge in [0, 0.05) is 13.2 Å². The molecule has 1 aromatic rings. The number of ether oxygens (including phenoxy) is 2.